The lowest BCUT2D eigenvalue weighted by molar-refractivity contribution is 0.0707. The Labute approximate surface area is 106 Å². The average molecular weight is 250 g/mol. The van der Waals surface area contributed by atoms with Crippen LogP contribution in [0.2, 0.25) is 0 Å². The molecule has 0 saturated carbocycles. The quantitative estimate of drug-likeness (QED) is 0.730. The van der Waals surface area contributed by atoms with Crippen LogP contribution in [0.25, 0.3) is 0 Å². The van der Waals surface area contributed by atoms with Crippen LogP contribution in [0, 0.1) is 0 Å². The van der Waals surface area contributed by atoms with Gasteiger partial charge in [0.1, 0.15) is 11.5 Å². The molecular weight excluding hydrogens is 232 g/mol. The van der Waals surface area contributed by atoms with Gasteiger partial charge in [-0.05, 0) is 31.5 Å². The standard InChI is InChI=1S/C13H18N2O3/c1-15(10-3-2-4-14-8-10)13(18)9-5-11(16)7-12(17)6-9/h5-7,10,14,16-17H,2-4,8H2,1H3. The maximum Gasteiger partial charge on any atom is 0.254 e. The Bertz CT molecular complexity index is 422. The van der Waals surface area contributed by atoms with E-state index in [4.69, 9.17) is 0 Å². The molecule has 1 fully saturated rings. The Morgan fingerprint density at radius 1 is 1.33 bits per heavy atom. The topological polar surface area (TPSA) is 72.8 Å². The van der Waals surface area contributed by atoms with Crippen LogP contribution in [0.3, 0.4) is 0 Å². The highest BCUT2D eigenvalue weighted by molar-refractivity contribution is 5.95. The molecule has 0 bridgehead atoms. The molecule has 3 N–H and O–H groups in total. The zero-order chi connectivity index (χ0) is 13.1. The number of phenolic OH excluding ortho intramolecular Hbond substituents is 2. The molecule has 0 radical (unpaired) electrons. The maximum atomic E-state index is 12.2. The van der Waals surface area contributed by atoms with Gasteiger partial charge < -0.3 is 20.4 Å². The van der Waals surface area contributed by atoms with E-state index in [9.17, 15) is 15.0 Å². The van der Waals surface area contributed by atoms with E-state index < -0.39 is 0 Å². The first-order chi connectivity index (χ1) is 8.58. The van der Waals surface area contributed by atoms with Crippen molar-refractivity contribution < 1.29 is 15.0 Å². The molecule has 1 aliphatic heterocycles. The predicted octanol–water partition coefficient (Wildman–Crippen LogP) is 0.922. The summed E-state index contributed by atoms with van der Waals surface area (Å²) in [4.78, 5) is 13.9. The second-order valence-corrected chi connectivity index (χ2v) is 4.65. The molecule has 5 nitrogen and oxygen atoms in total. The van der Waals surface area contributed by atoms with Crippen LogP contribution in [0.5, 0.6) is 11.5 Å². The highest BCUT2D eigenvalue weighted by Crippen LogP contribution is 2.22. The molecule has 1 aromatic rings. The molecule has 0 aliphatic carbocycles. The summed E-state index contributed by atoms with van der Waals surface area (Å²) in [6.07, 6.45) is 2.02. The van der Waals surface area contributed by atoms with Gasteiger partial charge in [-0.15, -0.1) is 0 Å². The molecular formula is C13H18N2O3. The van der Waals surface area contributed by atoms with Gasteiger partial charge in [0.05, 0.1) is 0 Å². The van der Waals surface area contributed by atoms with Gasteiger partial charge in [0.25, 0.3) is 5.91 Å². The Balaban J connectivity index is 2.14. The molecule has 2 rings (SSSR count). The van der Waals surface area contributed by atoms with Crippen LogP contribution >= 0.6 is 0 Å². The van der Waals surface area contributed by atoms with Gasteiger partial charge in [-0.2, -0.15) is 0 Å². The van der Waals surface area contributed by atoms with Crippen molar-refractivity contribution in [2.24, 2.45) is 0 Å². The van der Waals surface area contributed by atoms with Gasteiger partial charge >= 0.3 is 0 Å². The summed E-state index contributed by atoms with van der Waals surface area (Å²) >= 11 is 0. The molecule has 0 spiro atoms. The van der Waals surface area contributed by atoms with Crippen molar-refractivity contribution in [1.82, 2.24) is 10.2 Å². The van der Waals surface area contributed by atoms with Crippen LogP contribution in [0.15, 0.2) is 18.2 Å². The minimum Gasteiger partial charge on any atom is -0.508 e. The minimum absolute atomic E-state index is 0.103. The SMILES string of the molecule is CN(C(=O)c1cc(O)cc(O)c1)C1CCCNC1. The van der Waals surface area contributed by atoms with E-state index in [0.29, 0.717) is 5.56 Å². The van der Waals surface area contributed by atoms with E-state index in [1.54, 1.807) is 11.9 Å². The van der Waals surface area contributed by atoms with Gasteiger partial charge in [-0.25, -0.2) is 0 Å². The summed E-state index contributed by atoms with van der Waals surface area (Å²) in [6, 6.07) is 4.11. The number of nitrogens with one attached hydrogen (secondary N) is 1. The van der Waals surface area contributed by atoms with Crippen LogP contribution in [-0.4, -0.2) is 47.2 Å². The zero-order valence-corrected chi connectivity index (χ0v) is 10.4. The number of hydrogen-bond acceptors (Lipinski definition) is 4. The highest BCUT2D eigenvalue weighted by atomic mass is 16.3. The fourth-order valence-electron chi connectivity index (χ4n) is 2.25. The van der Waals surface area contributed by atoms with Gasteiger partial charge in [0, 0.05) is 31.3 Å². The molecule has 1 amide bonds. The van der Waals surface area contributed by atoms with Crippen LogP contribution in [-0.2, 0) is 0 Å². The van der Waals surface area contributed by atoms with Crippen molar-refractivity contribution in [2.45, 2.75) is 18.9 Å². The van der Waals surface area contributed by atoms with E-state index in [-0.39, 0.29) is 23.4 Å². The number of amides is 1. The van der Waals surface area contributed by atoms with Crippen LogP contribution in [0.1, 0.15) is 23.2 Å². The second-order valence-electron chi connectivity index (χ2n) is 4.65. The lowest BCUT2D eigenvalue weighted by atomic mass is 10.0. The van der Waals surface area contributed by atoms with Crippen LogP contribution in [0.4, 0.5) is 0 Å². The van der Waals surface area contributed by atoms with E-state index >= 15 is 0 Å². The molecule has 0 aromatic heterocycles. The van der Waals surface area contributed by atoms with E-state index in [2.05, 4.69) is 5.32 Å². The third-order valence-corrected chi connectivity index (χ3v) is 3.29. The number of rotatable bonds is 2. The van der Waals surface area contributed by atoms with Crippen LogP contribution < -0.4 is 5.32 Å². The highest BCUT2D eigenvalue weighted by Gasteiger charge is 2.23. The van der Waals surface area contributed by atoms with Crippen molar-refractivity contribution >= 4 is 5.91 Å². The Hall–Kier alpha value is -1.75. The number of piperidine rings is 1. The molecule has 18 heavy (non-hydrogen) atoms. The first-order valence-corrected chi connectivity index (χ1v) is 6.09. The number of carbonyl (C=O) groups excluding carboxylic acids is 1. The molecule has 98 valence electrons. The third-order valence-electron chi connectivity index (χ3n) is 3.29. The first kappa shape index (κ1) is 12.7. The fraction of sp³-hybridized carbons (Fsp3) is 0.462. The number of aromatic hydroxyl groups is 2. The number of likely N-dealkylation sites (N-methyl/N-ethyl adjacent to an activating group) is 1. The smallest absolute Gasteiger partial charge is 0.254 e. The summed E-state index contributed by atoms with van der Waals surface area (Å²) in [5.74, 6) is -0.392. The van der Waals surface area contributed by atoms with Crippen molar-refractivity contribution in [3.63, 3.8) is 0 Å². The Morgan fingerprint density at radius 2 is 2.00 bits per heavy atom. The van der Waals surface area contributed by atoms with E-state index in [1.807, 2.05) is 0 Å². The predicted molar refractivity (Wildman–Crippen MR) is 67.8 cm³/mol. The molecule has 1 heterocycles. The first-order valence-electron chi connectivity index (χ1n) is 6.09. The minimum atomic E-state index is -0.185. The van der Waals surface area contributed by atoms with Crippen molar-refractivity contribution in [3.8, 4) is 11.5 Å². The second kappa shape index (κ2) is 5.27. The average Bonchev–Trinajstić information content (AvgIpc) is 2.37. The lowest BCUT2D eigenvalue weighted by Gasteiger charge is -2.31. The molecule has 1 unspecified atom stereocenters. The zero-order valence-electron chi connectivity index (χ0n) is 10.4. The van der Waals surface area contributed by atoms with Gasteiger partial charge in [-0.1, -0.05) is 0 Å². The Morgan fingerprint density at radius 3 is 2.56 bits per heavy atom. The molecule has 1 atom stereocenters. The summed E-state index contributed by atoms with van der Waals surface area (Å²) < 4.78 is 0. The van der Waals surface area contributed by atoms with Gasteiger partial charge in [0.2, 0.25) is 0 Å². The van der Waals surface area contributed by atoms with Crippen molar-refractivity contribution in [3.05, 3.63) is 23.8 Å². The van der Waals surface area contributed by atoms with Crippen molar-refractivity contribution in [1.29, 1.82) is 0 Å². The third kappa shape index (κ3) is 2.73. The van der Waals surface area contributed by atoms with E-state index in [0.717, 1.165) is 25.9 Å². The maximum absolute atomic E-state index is 12.2. The number of benzene rings is 1. The number of phenols is 2. The largest absolute Gasteiger partial charge is 0.508 e. The Kier molecular flexibility index (Phi) is 3.72. The number of carbonyl (C=O) groups is 1. The van der Waals surface area contributed by atoms with E-state index in [1.165, 1.54) is 18.2 Å². The molecule has 1 aliphatic rings. The summed E-state index contributed by atoms with van der Waals surface area (Å²) in [6.45, 7) is 1.78. The normalized spacial score (nSPS) is 19.5. The molecule has 1 aromatic carbocycles. The van der Waals surface area contributed by atoms with Gasteiger partial charge in [-0.3, -0.25) is 4.79 Å². The number of nitrogens with zero attached hydrogens (tertiary/aromatic N) is 1. The number of hydrogen-bond donors (Lipinski definition) is 3. The monoisotopic (exact) mass is 250 g/mol. The summed E-state index contributed by atoms with van der Waals surface area (Å²) in [5, 5.41) is 22.0. The van der Waals surface area contributed by atoms with Crippen molar-refractivity contribution in [2.75, 3.05) is 20.1 Å². The lowest BCUT2D eigenvalue weighted by Crippen LogP contribution is -2.46. The fourth-order valence-corrected chi connectivity index (χ4v) is 2.25. The molecule has 1 saturated heterocycles. The van der Waals surface area contributed by atoms with Gasteiger partial charge in [0.15, 0.2) is 0 Å². The molecule has 5 heteroatoms. The summed E-state index contributed by atoms with van der Waals surface area (Å²) in [7, 11) is 1.75. The summed E-state index contributed by atoms with van der Waals surface area (Å²) in [5.41, 5.74) is 0.306.